The van der Waals surface area contributed by atoms with Gasteiger partial charge in [0.1, 0.15) is 24.1 Å². The molecular weight excluding hydrogens is 554 g/mol. The molecule has 0 aromatic heterocycles. The average Bonchev–Trinajstić information content (AvgIpc) is 3.00. The molecule has 0 radical (unpaired) electrons. The number of carbonyl (C=O) groups excluding carboxylic acids is 2. The van der Waals surface area contributed by atoms with Gasteiger partial charge in [0.05, 0.1) is 24.8 Å². The topological polar surface area (TPSA) is 105 Å². The number of anilines is 1. The molecule has 2 amide bonds. The lowest BCUT2D eigenvalue weighted by molar-refractivity contribution is -0.140. The number of amides is 2. The predicted molar refractivity (Wildman–Crippen MR) is 164 cm³/mol. The molecule has 42 heavy (non-hydrogen) atoms. The Hall–Kier alpha value is -4.05. The first kappa shape index (κ1) is 32.5. The second-order valence-corrected chi connectivity index (χ2v) is 12.0. The van der Waals surface area contributed by atoms with E-state index in [9.17, 15) is 18.0 Å². The third kappa shape index (κ3) is 8.03. The van der Waals surface area contributed by atoms with Gasteiger partial charge < -0.3 is 19.7 Å². The summed E-state index contributed by atoms with van der Waals surface area (Å²) in [7, 11) is -1.06. The fourth-order valence-electron chi connectivity index (χ4n) is 4.40. The normalized spacial score (nSPS) is 12.6. The molecule has 1 N–H and O–H groups in total. The Morgan fingerprint density at radius 2 is 1.38 bits per heavy atom. The van der Waals surface area contributed by atoms with Crippen LogP contribution >= 0.6 is 0 Å². The van der Waals surface area contributed by atoms with Crippen LogP contribution in [0.2, 0.25) is 0 Å². The lowest BCUT2D eigenvalue weighted by Gasteiger charge is -2.33. The molecule has 3 aromatic carbocycles. The zero-order chi connectivity index (χ0) is 30.9. The van der Waals surface area contributed by atoms with Crippen LogP contribution in [0.4, 0.5) is 5.69 Å². The van der Waals surface area contributed by atoms with Crippen LogP contribution in [0.25, 0.3) is 0 Å². The summed E-state index contributed by atoms with van der Waals surface area (Å²) in [6.07, 6.45) is 1.08. The van der Waals surface area contributed by atoms with Gasteiger partial charge in [0.15, 0.2) is 0 Å². The van der Waals surface area contributed by atoms with Crippen molar-refractivity contribution in [1.29, 1.82) is 0 Å². The standard InChI is InChI=1S/C32H41N3O6S/c1-7-24(4)33-32(37)30(8-2)34(21-25-11-15-27(40-5)16-12-25)31(36)22-35(26-13-17-28(41-6)18-14-26)42(38,39)29-19-9-23(3)10-20-29/h9-20,24,30H,7-8,21-22H2,1-6H3,(H,33,37)/t24-,30+/m0/s1. The summed E-state index contributed by atoms with van der Waals surface area (Å²) in [5, 5.41) is 2.98. The average molecular weight is 596 g/mol. The molecule has 0 saturated carbocycles. The Labute approximate surface area is 249 Å². The monoisotopic (exact) mass is 595 g/mol. The zero-order valence-electron chi connectivity index (χ0n) is 25.2. The van der Waals surface area contributed by atoms with Crippen LogP contribution in [0.15, 0.2) is 77.7 Å². The molecule has 0 aliphatic carbocycles. The molecule has 0 fully saturated rings. The number of hydrogen-bond acceptors (Lipinski definition) is 6. The minimum atomic E-state index is -4.15. The highest BCUT2D eigenvalue weighted by atomic mass is 32.2. The summed E-state index contributed by atoms with van der Waals surface area (Å²) in [6, 6.07) is 19.3. The first-order valence-electron chi connectivity index (χ1n) is 14.0. The van der Waals surface area contributed by atoms with Crippen molar-refractivity contribution in [2.75, 3.05) is 25.1 Å². The smallest absolute Gasteiger partial charge is 0.264 e. The van der Waals surface area contributed by atoms with Crippen LogP contribution in [-0.4, -0.2) is 58.0 Å². The van der Waals surface area contributed by atoms with Crippen LogP contribution in [-0.2, 0) is 26.2 Å². The summed E-state index contributed by atoms with van der Waals surface area (Å²) in [5.41, 5.74) is 1.98. The summed E-state index contributed by atoms with van der Waals surface area (Å²) in [6.45, 7) is 7.17. The molecule has 0 aliphatic heterocycles. The van der Waals surface area contributed by atoms with Crippen molar-refractivity contribution in [3.05, 3.63) is 83.9 Å². The SMILES string of the molecule is CC[C@H](C(=O)N[C@@H](C)CC)N(Cc1ccc(OC)cc1)C(=O)CN(c1ccc(OC)cc1)S(=O)(=O)c1ccc(C)cc1. The highest BCUT2D eigenvalue weighted by Gasteiger charge is 2.34. The number of ether oxygens (including phenoxy) is 2. The number of sulfonamides is 1. The number of carbonyl (C=O) groups is 2. The third-order valence-corrected chi connectivity index (χ3v) is 8.94. The molecule has 0 saturated heterocycles. The highest BCUT2D eigenvalue weighted by molar-refractivity contribution is 7.92. The van der Waals surface area contributed by atoms with E-state index in [2.05, 4.69) is 5.32 Å². The molecule has 10 heteroatoms. The molecule has 3 aromatic rings. The van der Waals surface area contributed by atoms with Crippen LogP contribution in [0.5, 0.6) is 11.5 Å². The number of nitrogens with one attached hydrogen (secondary N) is 1. The van der Waals surface area contributed by atoms with Crippen molar-refractivity contribution in [2.24, 2.45) is 0 Å². The largest absolute Gasteiger partial charge is 0.497 e. The minimum Gasteiger partial charge on any atom is -0.497 e. The van der Waals surface area contributed by atoms with E-state index in [0.717, 1.165) is 21.9 Å². The summed E-state index contributed by atoms with van der Waals surface area (Å²) in [5.74, 6) is 0.411. The van der Waals surface area contributed by atoms with E-state index in [1.165, 1.54) is 24.1 Å². The fourth-order valence-corrected chi connectivity index (χ4v) is 5.82. The van der Waals surface area contributed by atoms with Crippen molar-refractivity contribution in [2.45, 2.75) is 64.1 Å². The molecule has 0 spiro atoms. The van der Waals surface area contributed by atoms with Gasteiger partial charge in [-0.15, -0.1) is 0 Å². The molecular formula is C32H41N3O6S. The number of rotatable bonds is 14. The summed E-state index contributed by atoms with van der Waals surface area (Å²) in [4.78, 5) is 29.1. The number of benzene rings is 3. The molecule has 0 aliphatic rings. The number of methoxy groups -OCH3 is 2. The van der Waals surface area contributed by atoms with E-state index in [1.54, 1.807) is 55.6 Å². The zero-order valence-corrected chi connectivity index (χ0v) is 26.0. The van der Waals surface area contributed by atoms with Gasteiger partial charge in [0.25, 0.3) is 10.0 Å². The first-order chi connectivity index (χ1) is 20.0. The van der Waals surface area contributed by atoms with Crippen molar-refractivity contribution in [1.82, 2.24) is 10.2 Å². The lowest BCUT2D eigenvalue weighted by Crippen LogP contribution is -2.53. The Morgan fingerprint density at radius 3 is 1.88 bits per heavy atom. The summed E-state index contributed by atoms with van der Waals surface area (Å²) >= 11 is 0. The lowest BCUT2D eigenvalue weighted by atomic mass is 10.1. The Bertz CT molecular complexity index is 1420. The van der Waals surface area contributed by atoms with Crippen LogP contribution < -0.4 is 19.1 Å². The Kier molecular flexibility index (Phi) is 11.4. The van der Waals surface area contributed by atoms with Crippen LogP contribution in [0.3, 0.4) is 0 Å². The summed E-state index contributed by atoms with van der Waals surface area (Å²) < 4.78 is 39.5. The van der Waals surface area contributed by atoms with Gasteiger partial charge in [0, 0.05) is 12.6 Å². The van der Waals surface area contributed by atoms with E-state index >= 15 is 0 Å². The van der Waals surface area contributed by atoms with Crippen molar-refractivity contribution in [3.63, 3.8) is 0 Å². The molecule has 0 unspecified atom stereocenters. The minimum absolute atomic E-state index is 0.0555. The van der Waals surface area contributed by atoms with Crippen molar-refractivity contribution >= 4 is 27.5 Å². The molecule has 2 atom stereocenters. The van der Waals surface area contributed by atoms with E-state index in [0.29, 0.717) is 23.6 Å². The Balaban J connectivity index is 2.06. The Morgan fingerprint density at radius 1 is 0.833 bits per heavy atom. The molecule has 0 heterocycles. The first-order valence-corrected chi connectivity index (χ1v) is 15.4. The molecule has 9 nitrogen and oxygen atoms in total. The van der Waals surface area contributed by atoms with E-state index in [4.69, 9.17) is 9.47 Å². The number of aryl methyl sites for hydroxylation is 1. The quantitative estimate of drug-likeness (QED) is 0.283. The van der Waals surface area contributed by atoms with Gasteiger partial charge in [-0.1, -0.05) is 43.7 Å². The molecule has 226 valence electrons. The number of hydrogen-bond donors (Lipinski definition) is 1. The maximum absolute atomic E-state index is 14.2. The third-order valence-electron chi connectivity index (χ3n) is 7.15. The van der Waals surface area contributed by atoms with Crippen LogP contribution in [0.1, 0.15) is 44.7 Å². The van der Waals surface area contributed by atoms with E-state index in [-0.39, 0.29) is 23.4 Å². The van der Waals surface area contributed by atoms with Gasteiger partial charge >= 0.3 is 0 Å². The fraction of sp³-hybridized carbons (Fsp3) is 0.375. The maximum Gasteiger partial charge on any atom is 0.264 e. The van der Waals surface area contributed by atoms with Gasteiger partial charge in [-0.05, 0) is 80.8 Å². The van der Waals surface area contributed by atoms with Crippen molar-refractivity contribution < 1.29 is 27.5 Å². The van der Waals surface area contributed by atoms with Crippen LogP contribution in [0, 0.1) is 6.92 Å². The van der Waals surface area contributed by atoms with Gasteiger partial charge in [0.2, 0.25) is 11.8 Å². The maximum atomic E-state index is 14.2. The van der Waals surface area contributed by atoms with Gasteiger partial charge in [-0.25, -0.2) is 8.42 Å². The van der Waals surface area contributed by atoms with E-state index < -0.39 is 28.5 Å². The highest BCUT2D eigenvalue weighted by Crippen LogP contribution is 2.27. The second kappa shape index (κ2) is 14.7. The van der Waals surface area contributed by atoms with E-state index in [1.807, 2.05) is 39.8 Å². The van der Waals surface area contributed by atoms with Gasteiger partial charge in [-0.3, -0.25) is 13.9 Å². The second-order valence-electron chi connectivity index (χ2n) is 10.1. The molecule has 3 rings (SSSR count). The predicted octanol–water partition coefficient (Wildman–Crippen LogP) is 4.93. The van der Waals surface area contributed by atoms with Crippen molar-refractivity contribution in [3.8, 4) is 11.5 Å². The molecule has 0 bridgehead atoms. The number of nitrogens with zero attached hydrogens (tertiary/aromatic N) is 2. The van der Waals surface area contributed by atoms with Gasteiger partial charge in [-0.2, -0.15) is 0 Å².